The van der Waals surface area contributed by atoms with Gasteiger partial charge in [0.15, 0.2) is 0 Å². The summed E-state index contributed by atoms with van der Waals surface area (Å²) in [5.41, 5.74) is 18.4. The first-order chi connectivity index (χ1) is 30.7. The van der Waals surface area contributed by atoms with Crippen molar-refractivity contribution in [2.75, 3.05) is 9.80 Å². The van der Waals surface area contributed by atoms with Gasteiger partial charge in [0, 0.05) is 34.1 Å². The van der Waals surface area contributed by atoms with Crippen molar-refractivity contribution in [3.05, 3.63) is 267 Å². The Hall–Kier alpha value is -8.20. The van der Waals surface area contributed by atoms with Crippen molar-refractivity contribution in [1.29, 1.82) is 0 Å². The second-order valence-corrected chi connectivity index (χ2v) is 15.4. The van der Waals surface area contributed by atoms with E-state index < -0.39 is 0 Å². The first-order valence-corrected chi connectivity index (χ1v) is 21.2. The molecule has 0 aliphatic heterocycles. The van der Waals surface area contributed by atoms with Crippen LogP contribution in [0.4, 0.5) is 34.1 Å². The molecule has 10 aromatic rings. The van der Waals surface area contributed by atoms with Gasteiger partial charge in [0.05, 0.1) is 0 Å². The van der Waals surface area contributed by atoms with Crippen LogP contribution in [0, 0.1) is 0 Å². The van der Waals surface area contributed by atoms with E-state index in [4.69, 9.17) is 0 Å². The molecule has 0 fully saturated rings. The standard InChI is InChI=1S/C60H44N2/c1-6-16-45(17-7-1)49-26-34-56(35-27-49)61(55-24-14-5-15-25-55)57-36-30-51(31-37-57)52-32-40-59(41-33-52)62(58-38-28-50(29-39-58)46-18-8-2-9-19-46)60-43-53(47-20-10-3-11-21-47)42-54(44-60)48-22-12-4-13-23-48/h1-44H. The number of benzene rings is 10. The summed E-state index contributed by atoms with van der Waals surface area (Å²) in [6, 6.07) is 95.6. The van der Waals surface area contributed by atoms with E-state index in [1.54, 1.807) is 0 Å². The summed E-state index contributed by atoms with van der Waals surface area (Å²) in [4.78, 5) is 4.69. The highest BCUT2D eigenvalue weighted by Gasteiger charge is 2.17. The molecule has 2 nitrogen and oxygen atoms in total. The van der Waals surface area contributed by atoms with Crippen LogP contribution in [0.3, 0.4) is 0 Å². The molecule has 294 valence electrons. The SMILES string of the molecule is c1ccc(-c2ccc(N(c3ccccc3)c3ccc(-c4ccc(N(c5ccc(-c6ccccc6)cc5)c5cc(-c6ccccc6)cc(-c6ccccc6)c5)cc4)cc3)cc2)cc1. The van der Waals surface area contributed by atoms with Gasteiger partial charge >= 0.3 is 0 Å². The molecule has 0 aliphatic carbocycles. The highest BCUT2D eigenvalue weighted by Crippen LogP contribution is 2.42. The number of hydrogen-bond acceptors (Lipinski definition) is 2. The Balaban J connectivity index is 1.01. The molecule has 0 unspecified atom stereocenters. The number of nitrogens with zero attached hydrogens (tertiary/aromatic N) is 2. The smallest absolute Gasteiger partial charge is 0.0473 e. The van der Waals surface area contributed by atoms with Crippen LogP contribution >= 0.6 is 0 Å². The van der Waals surface area contributed by atoms with Crippen molar-refractivity contribution in [2.24, 2.45) is 0 Å². The third-order valence-corrected chi connectivity index (χ3v) is 11.5. The normalized spacial score (nSPS) is 10.9. The fraction of sp³-hybridized carbons (Fsp3) is 0. The van der Waals surface area contributed by atoms with Crippen LogP contribution in [0.5, 0.6) is 0 Å². The summed E-state index contributed by atoms with van der Waals surface area (Å²) in [6.07, 6.45) is 0. The van der Waals surface area contributed by atoms with Gasteiger partial charge in [-0.05, 0) is 134 Å². The fourth-order valence-electron chi connectivity index (χ4n) is 8.28. The van der Waals surface area contributed by atoms with Gasteiger partial charge in [-0.1, -0.05) is 188 Å². The summed E-state index contributed by atoms with van der Waals surface area (Å²) in [5, 5.41) is 0. The zero-order valence-electron chi connectivity index (χ0n) is 34.3. The van der Waals surface area contributed by atoms with E-state index in [2.05, 4.69) is 277 Å². The molecular weight excluding hydrogens is 749 g/mol. The van der Waals surface area contributed by atoms with E-state index in [-0.39, 0.29) is 0 Å². The molecule has 0 bridgehead atoms. The Labute approximate surface area is 364 Å². The molecule has 0 aliphatic rings. The van der Waals surface area contributed by atoms with E-state index in [1.807, 2.05) is 0 Å². The quantitative estimate of drug-likeness (QED) is 0.129. The van der Waals surface area contributed by atoms with Crippen LogP contribution in [0.1, 0.15) is 0 Å². The number of para-hydroxylation sites is 1. The van der Waals surface area contributed by atoms with Crippen LogP contribution in [-0.2, 0) is 0 Å². The first-order valence-electron chi connectivity index (χ1n) is 21.2. The summed E-state index contributed by atoms with van der Waals surface area (Å²) < 4.78 is 0. The zero-order chi connectivity index (χ0) is 41.5. The Morgan fingerprint density at radius 2 is 0.355 bits per heavy atom. The summed E-state index contributed by atoms with van der Waals surface area (Å²) >= 11 is 0. The van der Waals surface area contributed by atoms with Gasteiger partial charge in [0.25, 0.3) is 0 Å². The molecule has 0 aromatic heterocycles. The predicted octanol–water partition coefficient (Wildman–Crippen LogP) is 17.0. The summed E-state index contributed by atoms with van der Waals surface area (Å²) in [6.45, 7) is 0. The molecule has 0 heterocycles. The Kier molecular flexibility index (Phi) is 10.8. The summed E-state index contributed by atoms with van der Waals surface area (Å²) in [7, 11) is 0. The largest absolute Gasteiger partial charge is 0.311 e. The van der Waals surface area contributed by atoms with Crippen LogP contribution < -0.4 is 9.80 Å². The Morgan fingerprint density at radius 3 is 0.645 bits per heavy atom. The van der Waals surface area contributed by atoms with Crippen LogP contribution in [0.15, 0.2) is 267 Å². The minimum atomic E-state index is 1.08. The topological polar surface area (TPSA) is 6.48 Å². The van der Waals surface area contributed by atoms with E-state index in [1.165, 1.54) is 44.5 Å². The highest BCUT2D eigenvalue weighted by molar-refractivity contribution is 5.87. The average molecular weight is 793 g/mol. The van der Waals surface area contributed by atoms with Crippen LogP contribution in [-0.4, -0.2) is 0 Å². The number of hydrogen-bond donors (Lipinski definition) is 0. The highest BCUT2D eigenvalue weighted by atomic mass is 15.1. The van der Waals surface area contributed by atoms with E-state index in [0.29, 0.717) is 0 Å². The maximum atomic E-state index is 2.38. The predicted molar refractivity (Wildman–Crippen MR) is 263 cm³/mol. The zero-order valence-corrected chi connectivity index (χ0v) is 34.3. The van der Waals surface area contributed by atoms with Crippen molar-refractivity contribution >= 4 is 34.1 Å². The van der Waals surface area contributed by atoms with Crippen molar-refractivity contribution in [2.45, 2.75) is 0 Å². The molecule has 0 saturated carbocycles. The molecule has 0 radical (unpaired) electrons. The lowest BCUT2D eigenvalue weighted by Crippen LogP contribution is -2.10. The molecule has 2 heteroatoms. The minimum Gasteiger partial charge on any atom is -0.311 e. The molecule has 10 rings (SSSR count). The molecule has 0 spiro atoms. The van der Waals surface area contributed by atoms with Crippen LogP contribution in [0.2, 0.25) is 0 Å². The van der Waals surface area contributed by atoms with Crippen molar-refractivity contribution < 1.29 is 0 Å². The first kappa shape index (κ1) is 38.0. The van der Waals surface area contributed by atoms with Crippen molar-refractivity contribution in [3.8, 4) is 55.6 Å². The van der Waals surface area contributed by atoms with Crippen molar-refractivity contribution in [1.82, 2.24) is 0 Å². The molecule has 62 heavy (non-hydrogen) atoms. The molecule has 10 aromatic carbocycles. The third kappa shape index (κ3) is 8.18. The molecule has 0 saturated heterocycles. The van der Waals surface area contributed by atoms with Gasteiger partial charge in [-0.3, -0.25) is 0 Å². The van der Waals surface area contributed by atoms with Crippen LogP contribution in [0.25, 0.3) is 55.6 Å². The van der Waals surface area contributed by atoms with Gasteiger partial charge in [0.1, 0.15) is 0 Å². The van der Waals surface area contributed by atoms with Gasteiger partial charge in [-0.15, -0.1) is 0 Å². The maximum Gasteiger partial charge on any atom is 0.0473 e. The van der Waals surface area contributed by atoms with Gasteiger partial charge in [-0.2, -0.15) is 0 Å². The minimum absolute atomic E-state index is 1.08. The van der Waals surface area contributed by atoms with Gasteiger partial charge in [-0.25, -0.2) is 0 Å². The van der Waals surface area contributed by atoms with Gasteiger partial charge in [0.2, 0.25) is 0 Å². The maximum absolute atomic E-state index is 2.38. The molecule has 0 amide bonds. The lowest BCUT2D eigenvalue weighted by Gasteiger charge is -2.27. The lowest BCUT2D eigenvalue weighted by molar-refractivity contribution is 1.28. The Morgan fingerprint density at radius 1 is 0.145 bits per heavy atom. The van der Waals surface area contributed by atoms with E-state index in [0.717, 1.165) is 45.3 Å². The molecular formula is C60H44N2. The number of rotatable bonds is 11. The second-order valence-electron chi connectivity index (χ2n) is 15.4. The van der Waals surface area contributed by atoms with E-state index >= 15 is 0 Å². The van der Waals surface area contributed by atoms with E-state index in [9.17, 15) is 0 Å². The average Bonchev–Trinajstić information content (AvgIpc) is 3.36. The third-order valence-electron chi connectivity index (χ3n) is 11.5. The monoisotopic (exact) mass is 792 g/mol. The molecule has 0 N–H and O–H groups in total. The summed E-state index contributed by atoms with van der Waals surface area (Å²) in [5.74, 6) is 0. The van der Waals surface area contributed by atoms with Gasteiger partial charge < -0.3 is 9.80 Å². The Bertz CT molecular complexity index is 2930. The fourth-order valence-corrected chi connectivity index (χ4v) is 8.28. The molecule has 0 atom stereocenters. The number of anilines is 6. The second kappa shape index (κ2) is 17.6. The van der Waals surface area contributed by atoms with Crippen molar-refractivity contribution in [3.63, 3.8) is 0 Å². The lowest BCUT2D eigenvalue weighted by atomic mass is 9.97.